The fraction of sp³-hybridized carbons (Fsp3) is 0.340. The first kappa shape index (κ1) is 45.3. The molecule has 16 heteroatoms. The maximum atomic E-state index is 13.1. The van der Waals surface area contributed by atoms with E-state index in [1.54, 1.807) is 69.3 Å². The number of piperidine rings is 2. The van der Waals surface area contributed by atoms with Gasteiger partial charge in [-0.1, -0.05) is 47.5 Å². The third-order valence-corrected chi connectivity index (χ3v) is 11.9. The molecule has 0 unspecified atom stereocenters. The van der Waals surface area contributed by atoms with Crippen molar-refractivity contribution in [3.05, 3.63) is 114 Å². The molecule has 4 aromatic carbocycles. The van der Waals surface area contributed by atoms with E-state index in [0.29, 0.717) is 59.2 Å². The van der Waals surface area contributed by atoms with Crippen LogP contribution in [0.5, 0.6) is 23.0 Å². The highest BCUT2D eigenvalue weighted by atomic mass is 35.5. The monoisotopic (exact) mass is 902 g/mol. The Morgan fingerprint density at radius 1 is 0.683 bits per heavy atom. The van der Waals surface area contributed by atoms with E-state index in [1.807, 2.05) is 23.9 Å². The number of carbonyl (C=O) groups excluding carboxylic acids is 1. The van der Waals surface area contributed by atoms with Crippen molar-refractivity contribution >= 4 is 51.3 Å². The van der Waals surface area contributed by atoms with Crippen LogP contribution in [0.3, 0.4) is 0 Å². The first-order valence-electron chi connectivity index (χ1n) is 20.3. The molecule has 14 nitrogen and oxygen atoms in total. The molecule has 2 aromatic heterocycles. The summed E-state index contributed by atoms with van der Waals surface area (Å²) in [5.74, 6) is -1.76. The number of nitrogens with zero attached hydrogens (tertiary/aromatic N) is 2. The quantitative estimate of drug-likeness (QED) is 0.103. The van der Waals surface area contributed by atoms with Gasteiger partial charge in [0.15, 0.2) is 10.9 Å². The van der Waals surface area contributed by atoms with Crippen LogP contribution in [0.15, 0.2) is 91.2 Å². The van der Waals surface area contributed by atoms with Crippen molar-refractivity contribution in [1.82, 2.24) is 9.80 Å². The normalized spacial score (nSPS) is 19.7. The summed E-state index contributed by atoms with van der Waals surface area (Å²) in [5, 5.41) is 53.5. The first-order chi connectivity index (χ1) is 29.8. The molecule has 2 aliphatic rings. The van der Waals surface area contributed by atoms with Gasteiger partial charge >= 0.3 is 6.16 Å². The molecular formula is C47H48Cl2N2O12. The highest BCUT2D eigenvalue weighted by Gasteiger charge is 2.38. The lowest BCUT2D eigenvalue weighted by Gasteiger charge is -2.37. The van der Waals surface area contributed by atoms with E-state index in [2.05, 4.69) is 0 Å². The zero-order valence-electron chi connectivity index (χ0n) is 35.2. The molecule has 0 radical (unpaired) electrons. The van der Waals surface area contributed by atoms with Gasteiger partial charge in [-0.3, -0.25) is 9.59 Å². The summed E-state index contributed by atoms with van der Waals surface area (Å²) in [6.07, 6.45) is -1.20. The van der Waals surface area contributed by atoms with Crippen molar-refractivity contribution in [3.63, 3.8) is 0 Å². The molecule has 2 fully saturated rings. The lowest BCUT2D eigenvalue weighted by Crippen LogP contribution is -2.44. The zero-order valence-corrected chi connectivity index (χ0v) is 36.7. The molecule has 2 saturated heterocycles. The van der Waals surface area contributed by atoms with Crippen molar-refractivity contribution in [2.24, 2.45) is 0 Å². The molecule has 0 aliphatic carbocycles. The van der Waals surface area contributed by atoms with Crippen LogP contribution in [0.4, 0.5) is 4.79 Å². The molecular weight excluding hydrogens is 855 g/mol. The van der Waals surface area contributed by atoms with Crippen molar-refractivity contribution < 1.29 is 48.6 Å². The number of phenolic OH excluding ortho intramolecular Hbond substituents is 4. The van der Waals surface area contributed by atoms with Gasteiger partial charge in [0.2, 0.25) is 0 Å². The van der Waals surface area contributed by atoms with Gasteiger partial charge in [-0.15, -0.1) is 0 Å². The van der Waals surface area contributed by atoms with Crippen LogP contribution in [0.2, 0.25) is 10.0 Å². The first-order valence-corrected chi connectivity index (χ1v) is 21.1. The number of fused-ring (bicyclic) bond motifs is 2. The zero-order chi connectivity index (χ0) is 45.5. The van der Waals surface area contributed by atoms with Crippen LogP contribution in [-0.2, 0) is 9.47 Å². The second-order valence-corrected chi connectivity index (χ2v) is 17.8. The summed E-state index contributed by atoms with van der Waals surface area (Å²) < 4.78 is 23.1. The fourth-order valence-electron chi connectivity index (χ4n) is 8.29. The molecule has 6 aromatic rings. The molecule has 4 atom stereocenters. The van der Waals surface area contributed by atoms with E-state index in [0.717, 1.165) is 18.7 Å². The predicted molar refractivity (Wildman–Crippen MR) is 239 cm³/mol. The van der Waals surface area contributed by atoms with E-state index in [4.69, 9.17) is 41.5 Å². The number of hydrogen-bond donors (Lipinski definition) is 5. The van der Waals surface area contributed by atoms with Gasteiger partial charge in [0.05, 0.1) is 16.1 Å². The van der Waals surface area contributed by atoms with Gasteiger partial charge in [0, 0.05) is 71.4 Å². The van der Waals surface area contributed by atoms with Gasteiger partial charge in [0.25, 0.3) is 0 Å². The van der Waals surface area contributed by atoms with E-state index in [1.165, 1.54) is 12.1 Å². The average molecular weight is 904 g/mol. The molecule has 8 rings (SSSR count). The number of phenols is 4. The molecule has 0 spiro atoms. The van der Waals surface area contributed by atoms with E-state index < -0.39 is 52.4 Å². The number of hydrogen-bond acceptors (Lipinski definition) is 14. The molecule has 4 heterocycles. The van der Waals surface area contributed by atoms with Crippen molar-refractivity contribution in [2.45, 2.75) is 63.3 Å². The number of aromatic hydroxyl groups is 4. The minimum absolute atomic E-state index is 0.0188. The second-order valence-electron chi connectivity index (χ2n) is 17.0. The Balaban J connectivity index is 0.000000193. The minimum Gasteiger partial charge on any atom is -0.507 e. The van der Waals surface area contributed by atoms with Crippen LogP contribution in [0.1, 0.15) is 56.6 Å². The van der Waals surface area contributed by atoms with Crippen LogP contribution < -0.4 is 10.9 Å². The smallest absolute Gasteiger partial charge is 0.507 e. The number of likely N-dealkylation sites (N-methyl/N-ethyl adjacent to an activating group) is 2. The number of likely N-dealkylation sites (tertiary alicyclic amines) is 2. The summed E-state index contributed by atoms with van der Waals surface area (Å²) in [6, 6.07) is 18.6. The number of aliphatic hydroxyl groups is 1. The molecule has 0 amide bonds. The third kappa shape index (κ3) is 9.60. The molecule has 0 bridgehead atoms. The average Bonchev–Trinajstić information content (AvgIpc) is 3.18. The number of ether oxygens (including phenoxy) is 2. The van der Waals surface area contributed by atoms with Gasteiger partial charge in [-0.05, 0) is 85.1 Å². The lowest BCUT2D eigenvalue weighted by molar-refractivity contribution is -0.0461. The molecule has 332 valence electrons. The number of β-amino-alcohol motifs (C(OH)–C–C–N with tert-alkyl or cyclic N) is 1. The Morgan fingerprint density at radius 3 is 1.59 bits per heavy atom. The Kier molecular flexibility index (Phi) is 13.0. The number of aliphatic hydroxyl groups excluding tert-OH is 1. The van der Waals surface area contributed by atoms with Gasteiger partial charge in [-0.25, -0.2) is 4.79 Å². The molecule has 63 heavy (non-hydrogen) atoms. The van der Waals surface area contributed by atoms with E-state index >= 15 is 0 Å². The van der Waals surface area contributed by atoms with Crippen molar-refractivity contribution in [3.8, 4) is 45.6 Å². The van der Waals surface area contributed by atoms with Crippen LogP contribution >= 0.6 is 23.2 Å². The van der Waals surface area contributed by atoms with E-state index in [9.17, 15) is 39.9 Å². The number of benzene rings is 4. The third-order valence-electron chi connectivity index (χ3n) is 11.2. The van der Waals surface area contributed by atoms with Crippen molar-refractivity contribution in [1.29, 1.82) is 0 Å². The summed E-state index contributed by atoms with van der Waals surface area (Å²) in [7, 11) is 3.80. The predicted octanol–water partition coefficient (Wildman–Crippen LogP) is 8.57. The molecule has 5 N–H and O–H groups in total. The topological polar surface area (TPSA) is 204 Å². The lowest BCUT2D eigenvalue weighted by atomic mass is 9.85. The number of halogens is 2. The molecule has 0 saturated carbocycles. The van der Waals surface area contributed by atoms with Crippen LogP contribution in [-0.4, -0.2) is 99.6 Å². The standard InChI is InChI=1S/C26H28ClNO7.C21H20ClNO5/c1-26(2,3)35-25(32)34-21-13-28(4)10-9-15(21)22-17(29)11-18(30)23-19(31)12-20(33-24(22)23)14-7-5-6-8-16(14)27;1-23-7-6-12(17(27)10-23)19-14(24)8-15(25)20-16(26)9-18(28-21(19)20)11-4-2-3-5-13(11)22/h5-8,11-12,15,21,29-30H,9-10,13H2,1-4H3;2-5,8-9,12,17,24-25,27H,6-7,10H2,1H3/t15-,21+;12-,17+/m00/s1. The second kappa shape index (κ2) is 18.1. The number of carbonyl (C=O) groups is 1. The van der Waals surface area contributed by atoms with Crippen LogP contribution in [0.25, 0.3) is 44.6 Å². The summed E-state index contributed by atoms with van der Waals surface area (Å²) in [6.45, 7) is 7.39. The number of rotatable bonds is 5. The van der Waals surface area contributed by atoms with Crippen LogP contribution in [0, 0.1) is 0 Å². The SMILES string of the molecule is CN1CC[C@H](c2c(O)cc(O)c3c(=O)cc(-c4ccccc4Cl)oc23)[C@H](O)C1.CN1CC[C@H](c2c(O)cc(O)c3c(=O)cc(-c4ccccc4Cl)oc23)[C@H](OC(=O)OC(C)(C)C)C1. The van der Waals surface area contributed by atoms with Gasteiger partial charge in [-0.2, -0.15) is 0 Å². The van der Waals surface area contributed by atoms with E-state index in [-0.39, 0.29) is 56.3 Å². The Hall–Kier alpha value is -5.77. The summed E-state index contributed by atoms with van der Waals surface area (Å²) in [4.78, 5) is 42.3. The summed E-state index contributed by atoms with van der Waals surface area (Å²) in [5.41, 5.74) is 0.0650. The largest absolute Gasteiger partial charge is 0.509 e. The Morgan fingerprint density at radius 2 is 1.13 bits per heavy atom. The minimum atomic E-state index is -0.830. The van der Waals surface area contributed by atoms with Crippen molar-refractivity contribution in [2.75, 3.05) is 40.3 Å². The maximum absolute atomic E-state index is 13.1. The highest BCUT2D eigenvalue weighted by Crippen LogP contribution is 2.45. The summed E-state index contributed by atoms with van der Waals surface area (Å²) >= 11 is 12.6. The highest BCUT2D eigenvalue weighted by molar-refractivity contribution is 6.33. The maximum Gasteiger partial charge on any atom is 0.509 e. The Labute approximate surface area is 372 Å². The Bertz CT molecular complexity index is 2820. The fourth-order valence-corrected chi connectivity index (χ4v) is 8.75. The van der Waals surface area contributed by atoms with Gasteiger partial charge in [0.1, 0.15) is 68.2 Å². The molecule has 2 aliphatic heterocycles. The van der Waals surface area contributed by atoms with Gasteiger partial charge < -0.3 is 53.6 Å².